The van der Waals surface area contributed by atoms with Crippen molar-refractivity contribution in [1.82, 2.24) is 4.98 Å². The molecule has 0 aliphatic carbocycles. The van der Waals surface area contributed by atoms with Crippen LogP contribution in [0.1, 0.15) is 40.3 Å². The van der Waals surface area contributed by atoms with Crippen LogP contribution < -0.4 is 5.46 Å². The Hall–Kier alpha value is -0.385. The molecule has 1 saturated heterocycles. The molecule has 2 rings (SSSR count). The highest BCUT2D eigenvalue weighted by Crippen LogP contribution is 2.36. The molecule has 2 heterocycles. The van der Waals surface area contributed by atoms with Crippen LogP contribution in [0.25, 0.3) is 0 Å². The van der Waals surface area contributed by atoms with Crippen molar-refractivity contribution in [3.63, 3.8) is 0 Å². The van der Waals surface area contributed by atoms with E-state index in [0.717, 1.165) is 22.1 Å². The Balaban J connectivity index is 2.37. The molecule has 0 bridgehead atoms. The van der Waals surface area contributed by atoms with E-state index in [1.165, 1.54) is 0 Å². The summed E-state index contributed by atoms with van der Waals surface area (Å²) in [5.41, 5.74) is 1.41. The number of hydrogen-bond donors (Lipinski definition) is 0. The van der Waals surface area contributed by atoms with Crippen molar-refractivity contribution in [1.29, 1.82) is 0 Å². The molecule has 1 aliphatic rings. The number of pyridine rings is 1. The Morgan fingerprint density at radius 1 is 1.22 bits per heavy atom. The lowest BCUT2D eigenvalue weighted by atomic mass is 9.77. The minimum absolute atomic E-state index is 0.314. The molecule has 0 N–H and O–H groups in total. The summed E-state index contributed by atoms with van der Waals surface area (Å²) in [6.45, 7) is 10.3. The standard InChI is InChI=1S/C13H19BBrNO2/c1-6-11-10(7-9(15)8-16-11)14-17-12(2,3)13(4,5)18-14/h7-8H,6H2,1-5H3. The molecule has 98 valence electrons. The summed E-state index contributed by atoms with van der Waals surface area (Å²) in [6, 6.07) is 2.04. The van der Waals surface area contributed by atoms with Gasteiger partial charge in [-0.05, 0) is 56.1 Å². The molecular weight excluding hydrogens is 293 g/mol. The van der Waals surface area contributed by atoms with Crippen LogP contribution >= 0.6 is 15.9 Å². The van der Waals surface area contributed by atoms with Gasteiger partial charge in [0, 0.05) is 21.8 Å². The van der Waals surface area contributed by atoms with E-state index in [1.54, 1.807) is 0 Å². The average molecular weight is 312 g/mol. The van der Waals surface area contributed by atoms with Gasteiger partial charge in [-0.25, -0.2) is 0 Å². The summed E-state index contributed by atoms with van der Waals surface area (Å²) in [5, 5.41) is 0. The molecule has 18 heavy (non-hydrogen) atoms. The normalized spacial score (nSPS) is 21.3. The van der Waals surface area contributed by atoms with Gasteiger partial charge in [0.2, 0.25) is 0 Å². The van der Waals surface area contributed by atoms with Gasteiger partial charge in [-0.3, -0.25) is 4.98 Å². The number of aryl methyl sites for hydroxylation is 1. The molecule has 0 atom stereocenters. The molecule has 0 radical (unpaired) electrons. The minimum atomic E-state index is -0.338. The van der Waals surface area contributed by atoms with Gasteiger partial charge in [0.25, 0.3) is 0 Å². The number of nitrogens with zero attached hydrogens (tertiary/aromatic N) is 1. The predicted molar refractivity (Wildman–Crippen MR) is 77.0 cm³/mol. The Morgan fingerprint density at radius 2 is 1.78 bits per heavy atom. The first-order valence-corrected chi connectivity index (χ1v) is 7.06. The lowest BCUT2D eigenvalue weighted by molar-refractivity contribution is 0.00578. The fourth-order valence-corrected chi connectivity index (χ4v) is 2.30. The lowest BCUT2D eigenvalue weighted by Crippen LogP contribution is -2.41. The first-order valence-electron chi connectivity index (χ1n) is 6.27. The van der Waals surface area contributed by atoms with Crippen molar-refractivity contribution in [2.24, 2.45) is 0 Å². The van der Waals surface area contributed by atoms with Crippen molar-refractivity contribution in [2.75, 3.05) is 0 Å². The summed E-state index contributed by atoms with van der Waals surface area (Å²) in [7, 11) is -0.338. The zero-order valence-corrected chi connectivity index (χ0v) is 13.2. The van der Waals surface area contributed by atoms with E-state index in [4.69, 9.17) is 9.31 Å². The number of rotatable bonds is 2. The molecule has 1 aliphatic heterocycles. The Kier molecular flexibility index (Phi) is 3.60. The minimum Gasteiger partial charge on any atom is -0.399 e. The van der Waals surface area contributed by atoms with Crippen LogP contribution in [-0.4, -0.2) is 23.3 Å². The summed E-state index contributed by atoms with van der Waals surface area (Å²) < 4.78 is 13.1. The van der Waals surface area contributed by atoms with Crippen molar-refractivity contribution in [3.8, 4) is 0 Å². The van der Waals surface area contributed by atoms with Gasteiger partial charge in [0.15, 0.2) is 0 Å². The van der Waals surface area contributed by atoms with E-state index in [-0.39, 0.29) is 18.3 Å². The molecule has 3 nitrogen and oxygen atoms in total. The van der Waals surface area contributed by atoms with Crippen molar-refractivity contribution in [3.05, 3.63) is 22.4 Å². The summed E-state index contributed by atoms with van der Waals surface area (Å²) >= 11 is 3.46. The third-order valence-electron chi connectivity index (χ3n) is 3.81. The molecule has 0 saturated carbocycles. The SMILES string of the molecule is CCc1ncc(Br)cc1B1OC(C)(C)C(C)(C)O1. The van der Waals surface area contributed by atoms with E-state index in [9.17, 15) is 0 Å². The highest BCUT2D eigenvalue weighted by molar-refractivity contribution is 9.10. The van der Waals surface area contributed by atoms with E-state index in [1.807, 2.05) is 12.3 Å². The third kappa shape index (κ3) is 2.36. The van der Waals surface area contributed by atoms with Crippen LogP contribution in [-0.2, 0) is 15.7 Å². The highest BCUT2D eigenvalue weighted by atomic mass is 79.9. The average Bonchev–Trinajstić information content (AvgIpc) is 2.48. The van der Waals surface area contributed by atoms with Crippen LogP contribution in [0, 0.1) is 0 Å². The molecular formula is C13H19BBrNO2. The molecule has 0 aromatic carbocycles. The number of hydrogen-bond acceptors (Lipinski definition) is 3. The van der Waals surface area contributed by atoms with Gasteiger partial charge in [-0.2, -0.15) is 0 Å². The second kappa shape index (κ2) is 4.62. The van der Waals surface area contributed by atoms with Crippen LogP contribution in [0.15, 0.2) is 16.7 Å². The fraction of sp³-hybridized carbons (Fsp3) is 0.615. The summed E-state index contributed by atoms with van der Waals surface area (Å²) in [5.74, 6) is 0. The molecule has 0 amide bonds. The Bertz CT molecular complexity index is 446. The second-order valence-electron chi connectivity index (χ2n) is 5.63. The quantitative estimate of drug-likeness (QED) is 0.787. The molecule has 1 aromatic heterocycles. The van der Waals surface area contributed by atoms with Gasteiger partial charge in [0.1, 0.15) is 0 Å². The zero-order chi connectivity index (χ0) is 13.6. The molecule has 5 heteroatoms. The third-order valence-corrected chi connectivity index (χ3v) is 4.25. The van der Waals surface area contributed by atoms with Gasteiger partial charge >= 0.3 is 7.12 Å². The maximum Gasteiger partial charge on any atom is 0.496 e. The maximum absolute atomic E-state index is 6.06. The lowest BCUT2D eigenvalue weighted by Gasteiger charge is -2.32. The van der Waals surface area contributed by atoms with E-state index in [2.05, 4.69) is 55.5 Å². The Labute approximate surface area is 118 Å². The maximum atomic E-state index is 6.06. The van der Waals surface area contributed by atoms with Crippen LogP contribution in [0.3, 0.4) is 0 Å². The van der Waals surface area contributed by atoms with Crippen LogP contribution in [0.2, 0.25) is 0 Å². The first kappa shape index (κ1) is 14.0. The first-order chi connectivity index (χ1) is 8.27. The molecule has 1 aromatic rings. The van der Waals surface area contributed by atoms with Crippen molar-refractivity contribution >= 4 is 28.5 Å². The van der Waals surface area contributed by atoms with E-state index < -0.39 is 0 Å². The monoisotopic (exact) mass is 311 g/mol. The second-order valence-corrected chi connectivity index (χ2v) is 6.55. The number of aromatic nitrogens is 1. The smallest absolute Gasteiger partial charge is 0.399 e. The van der Waals surface area contributed by atoms with Crippen LogP contribution in [0.4, 0.5) is 0 Å². The van der Waals surface area contributed by atoms with E-state index >= 15 is 0 Å². The summed E-state index contributed by atoms with van der Waals surface area (Å²) in [4.78, 5) is 4.43. The van der Waals surface area contributed by atoms with Crippen LogP contribution in [0.5, 0.6) is 0 Å². The van der Waals surface area contributed by atoms with Crippen molar-refractivity contribution in [2.45, 2.75) is 52.2 Å². The molecule has 1 fully saturated rings. The Morgan fingerprint density at radius 3 is 2.28 bits per heavy atom. The molecule has 0 spiro atoms. The predicted octanol–water partition coefficient (Wildman–Crippen LogP) is 2.71. The van der Waals surface area contributed by atoms with Gasteiger partial charge < -0.3 is 9.31 Å². The van der Waals surface area contributed by atoms with Gasteiger partial charge in [-0.1, -0.05) is 6.92 Å². The molecule has 0 unspecified atom stereocenters. The van der Waals surface area contributed by atoms with Crippen molar-refractivity contribution < 1.29 is 9.31 Å². The highest BCUT2D eigenvalue weighted by Gasteiger charge is 2.52. The van der Waals surface area contributed by atoms with Gasteiger partial charge in [0.05, 0.1) is 11.2 Å². The zero-order valence-electron chi connectivity index (χ0n) is 11.6. The fourth-order valence-electron chi connectivity index (χ4n) is 1.95. The van der Waals surface area contributed by atoms with E-state index in [0.29, 0.717) is 0 Å². The summed E-state index contributed by atoms with van der Waals surface area (Å²) in [6.07, 6.45) is 2.68. The van der Waals surface area contributed by atoms with Gasteiger partial charge in [-0.15, -0.1) is 0 Å². The topological polar surface area (TPSA) is 31.4 Å². The largest absolute Gasteiger partial charge is 0.496 e. The number of halogens is 1.